The van der Waals surface area contributed by atoms with Crippen LogP contribution in [-0.4, -0.2) is 71.4 Å². The summed E-state index contributed by atoms with van der Waals surface area (Å²) in [5.41, 5.74) is 1.34. The van der Waals surface area contributed by atoms with Crippen molar-refractivity contribution in [2.45, 2.75) is 31.7 Å². The van der Waals surface area contributed by atoms with Gasteiger partial charge < -0.3 is 15.1 Å². The van der Waals surface area contributed by atoms with Gasteiger partial charge in [0, 0.05) is 31.6 Å². The molecular weight excluding hydrogens is 376 g/mol. The van der Waals surface area contributed by atoms with Crippen LogP contribution in [0.5, 0.6) is 0 Å². The van der Waals surface area contributed by atoms with Gasteiger partial charge in [-0.3, -0.25) is 9.69 Å². The molecule has 0 aliphatic carbocycles. The number of nitrogens with zero attached hydrogens (tertiary/aromatic N) is 2. The van der Waals surface area contributed by atoms with E-state index in [9.17, 15) is 15.0 Å². The number of carbonyl (C=O) groups is 1. The van der Waals surface area contributed by atoms with E-state index < -0.39 is 5.41 Å². The van der Waals surface area contributed by atoms with Crippen molar-refractivity contribution < 1.29 is 15.0 Å². The number of aliphatic hydroxyl groups excluding tert-OH is 2. The van der Waals surface area contributed by atoms with Gasteiger partial charge in [-0.1, -0.05) is 60.7 Å². The van der Waals surface area contributed by atoms with Gasteiger partial charge in [0.05, 0.1) is 13.2 Å². The van der Waals surface area contributed by atoms with E-state index in [1.165, 1.54) is 0 Å². The van der Waals surface area contributed by atoms with Crippen molar-refractivity contribution in [3.8, 4) is 0 Å². The average molecular weight is 411 g/mol. The van der Waals surface area contributed by atoms with Crippen molar-refractivity contribution in [3.05, 3.63) is 71.8 Å². The van der Waals surface area contributed by atoms with Crippen molar-refractivity contribution in [2.24, 2.45) is 5.92 Å². The summed E-state index contributed by atoms with van der Waals surface area (Å²) in [5.74, 6) is 0.257. The standard InChI is InChI=1S/C25H34N2O3/c1-20(2)27-19-23(13-14-26(15-17-28)16-18-29)25(24(27)30,21-9-5-3-6-10-21)22-11-7-4-8-12-22/h3-12,20,23,28-29H,13-19H2,1-2H3. The second-order valence-corrected chi connectivity index (χ2v) is 8.37. The van der Waals surface area contributed by atoms with Crippen LogP contribution in [0, 0.1) is 5.92 Å². The third-order valence-corrected chi connectivity index (χ3v) is 6.34. The second kappa shape index (κ2) is 10.2. The summed E-state index contributed by atoms with van der Waals surface area (Å²) in [6, 6.07) is 20.4. The molecule has 2 aromatic carbocycles. The molecular formula is C25H34N2O3. The van der Waals surface area contributed by atoms with Crippen LogP contribution in [0.15, 0.2) is 60.7 Å². The lowest BCUT2D eigenvalue weighted by Crippen LogP contribution is -2.44. The third-order valence-electron chi connectivity index (χ3n) is 6.34. The van der Waals surface area contributed by atoms with Crippen molar-refractivity contribution in [1.82, 2.24) is 9.80 Å². The molecule has 0 saturated carbocycles. The fourth-order valence-corrected chi connectivity index (χ4v) is 4.86. The molecule has 0 bridgehead atoms. The van der Waals surface area contributed by atoms with Gasteiger partial charge in [-0.05, 0) is 37.9 Å². The van der Waals surface area contributed by atoms with Crippen LogP contribution >= 0.6 is 0 Å². The SMILES string of the molecule is CC(C)N1CC(CCN(CCO)CCO)C(c2ccccc2)(c2ccccc2)C1=O. The highest BCUT2D eigenvalue weighted by atomic mass is 16.3. The Morgan fingerprint density at radius 3 is 1.87 bits per heavy atom. The largest absolute Gasteiger partial charge is 0.395 e. The minimum atomic E-state index is -0.725. The fraction of sp³-hybridized carbons (Fsp3) is 0.480. The summed E-state index contributed by atoms with van der Waals surface area (Å²) in [4.78, 5) is 18.1. The summed E-state index contributed by atoms with van der Waals surface area (Å²) in [6.07, 6.45) is 0.804. The maximum absolute atomic E-state index is 14.0. The number of benzene rings is 2. The Morgan fingerprint density at radius 2 is 1.43 bits per heavy atom. The highest BCUT2D eigenvalue weighted by Gasteiger charge is 2.56. The first-order valence-corrected chi connectivity index (χ1v) is 10.9. The summed E-state index contributed by atoms with van der Waals surface area (Å²) < 4.78 is 0. The highest BCUT2D eigenvalue weighted by Crippen LogP contribution is 2.47. The predicted octanol–water partition coefficient (Wildman–Crippen LogP) is 2.52. The Hall–Kier alpha value is -2.21. The minimum Gasteiger partial charge on any atom is -0.395 e. The van der Waals surface area contributed by atoms with E-state index in [1.54, 1.807) is 0 Å². The van der Waals surface area contributed by atoms with Crippen molar-refractivity contribution in [2.75, 3.05) is 39.4 Å². The molecule has 0 radical (unpaired) electrons. The van der Waals surface area contributed by atoms with E-state index in [2.05, 4.69) is 43.0 Å². The molecule has 5 nitrogen and oxygen atoms in total. The highest BCUT2D eigenvalue weighted by molar-refractivity contribution is 5.95. The van der Waals surface area contributed by atoms with Gasteiger partial charge in [0.25, 0.3) is 0 Å². The topological polar surface area (TPSA) is 64.0 Å². The lowest BCUT2D eigenvalue weighted by atomic mass is 9.66. The summed E-state index contributed by atoms with van der Waals surface area (Å²) in [6.45, 7) is 6.75. The average Bonchev–Trinajstić information content (AvgIpc) is 3.07. The van der Waals surface area contributed by atoms with Crippen LogP contribution < -0.4 is 0 Å². The molecule has 1 aliphatic heterocycles. The number of aliphatic hydroxyl groups is 2. The molecule has 1 heterocycles. The number of rotatable bonds is 10. The monoisotopic (exact) mass is 410 g/mol. The van der Waals surface area contributed by atoms with E-state index >= 15 is 0 Å². The van der Waals surface area contributed by atoms with Crippen LogP contribution in [0.1, 0.15) is 31.4 Å². The molecule has 1 amide bonds. The van der Waals surface area contributed by atoms with E-state index in [0.29, 0.717) is 19.6 Å². The molecule has 2 aromatic rings. The Labute approximate surface area is 179 Å². The quantitative estimate of drug-likeness (QED) is 0.632. The number of carbonyl (C=O) groups excluding carboxylic acids is 1. The first-order valence-electron chi connectivity index (χ1n) is 10.9. The van der Waals surface area contributed by atoms with E-state index in [0.717, 1.165) is 24.1 Å². The molecule has 1 fully saturated rings. The van der Waals surface area contributed by atoms with Gasteiger partial charge in [0.15, 0.2) is 0 Å². The molecule has 0 aromatic heterocycles. The fourth-order valence-electron chi connectivity index (χ4n) is 4.86. The first kappa shape index (κ1) is 22.5. The number of hydrogen-bond donors (Lipinski definition) is 2. The lowest BCUT2D eigenvalue weighted by molar-refractivity contribution is -0.132. The molecule has 3 rings (SSSR count). The van der Waals surface area contributed by atoms with Crippen LogP contribution in [-0.2, 0) is 10.2 Å². The van der Waals surface area contributed by atoms with E-state index in [1.807, 2.05) is 41.3 Å². The van der Waals surface area contributed by atoms with Crippen LogP contribution in [0.4, 0.5) is 0 Å². The van der Waals surface area contributed by atoms with Crippen molar-refractivity contribution in [1.29, 1.82) is 0 Å². The second-order valence-electron chi connectivity index (χ2n) is 8.37. The van der Waals surface area contributed by atoms with Gasteiger partial charge in [-0.2, -0.15) is 0 Å². The van der Waals surface area contributed by atoms with Gasteiger partial charge in [-0.15, -0.1) is 0 Å². The number of amides is 1. The van der Waals surface area contributed by atoms with Crippen molar-refractivity contribution >= 4 is 5.91 Å². The van der Waals surface area contributed by atoms with Gasteiger partial charge >= 0.3 is 0 Å². The van der Waals surface area contributed by atoms with E-state index in [4.69, 9.17) is 0 Å². The van der Waals surface area contributed by atoms with Crippen molar-refractivity contribution in [3.63, 3.8) is 0 Å². The Balaban J connectivity index is 2.06. The summed E-state index contributed by atoms with van der Waals surface area (Å²) >= 11 is 0. The normalized spacial score (nSPS) is 18.5. The zero-order chi connectivity index (χ0) is 21.6. The molecule has 1 unspecified atom stereocenters. The molecule has 1 saturated heterocycles. The molecule has 1 atom stereocenters. The van der Waals surface area contributed by atoms with Gasteiger partial charge in [-0.25, -0.2) is 0 Å². The molecule has 0 spiro atoms. The number of likely N-dealkylation sites (tertiary alicyclic amines) is 1. The van der Waals surface area contributed by atoms with E-state index in [-0.39, 0.29) is 31.1 Å². The zero-order valence-corrected chi connectivity index (χ0v) is 18.1. The Bertz CT molecular complexity index is 749. The Kier molecular flexibility index (Phi) is 7.64. The summed E-state index contributed by atoms with van der Waals surface area (Å²) in [7, 11) is 0. The minimum absolute atomic E-state index is 0.0598. The molecule has 5 heteroatoms. The maximum Gasteiger partial charge on any atom is 0.238 e. The third kappa shape index (κ3) is 4.29. The molecule has 30 heavy (non-hydrogen) atoms. The zero-order valence-electron chi connectivity index (χ0n) is 18.1. The van der Waals surface area contributed by atoms with Crippen LogP contribution in [0.25, 0.3) is 0 Å². The van der Waals surface area contributed by atoms with Crippen LogP contribution in [0.3, 0.4) is 0 Å². The maximum atomic E-state index is 14.0. The molecule has 2 N–H and O–H groups in total. The Morgan fingerprint density at radius 1 is 0.933 bits per heavy atom. The van der Waals surface area contributed by atoms with Gasteiger partial charge in [0.2, 0.25) is 5.91 Å². The summed E-state index contributed by atoms with van der Waals surface area (Å²) in [5, 5.41) is 18.8. The predicted molar refractivity (Wildman–Crippen MR) is 119 cm³/mol. The first-order chi connectivity index (χ1) is 14.6. The van der Waals surface area contributed by atoms with Gasteiger partial charge in [0.1, 0.15) is 5.41 Å². The molecule has 1 aliphatic rings. The number of hydrogen-bond acceptors (Lipinski definition) is 4. The smallest absolute Gasteiger partial charge is 0.238 e. The lowest BCUT2D eigenvalue weighted by Gasteiger charge is -2.35. The molecule has 162 valence electrons. The van der Waals surface area contributed by atoms with Crippen LogP contribution in [0.2, 0.25) is 0 Å².